The standard InChI is InChI=1S/C20H28NO5PS/c1-6-25-27(22,26-7-2)20(4,17-10-12-18(24-5)13-11-17)21-28(23)19-14-8-16(3)9-15-19/h8-15,21H,6-7H2,1-5H3/t20-,28?/m1/s1. The molecule has 0 spiro atoms. The minimum absolute atomic E-state index is 0.196. The minimum Gasteiger partial charge on any atom is -0.497 e. The molecule has 0 amide bonds. The molecule has 2 rings (SSSR count). The Morgan fingerprint density at radius 2 is 1.54 bits per heavy atom. The molecule has 0 bridgehead atoms. The van der Waals surface area contributed by atoms with Gasteiger partial charge in [0.15, 0.2) is 5.28 Å². The normalized spacial score (nSPS) is 15.0. The van der Waals surface area contributed by atoms with Crippen molar-refractivity contribution in [1.29, 1.82) is 0 Å². The number of hydrogen-bond acceptors (Lipinski definition) is 5. The number of hydrogen-bond donors (Lipinski definition) is 1. The van der Waals surface area contributed by atoms with Gasteiger partial charge in [-0.05, 0) is 57.5 Å². The van der Waals surface area contributed by atoms with E-state index in [0.29, 0.717) is 16.2 Å². The van der Waals surface area contributed by atoms with Crippen LogP contribution in [0.4, 0.5) is 0 Å². The second-order valence-corrected chi connectivity index (χ2v) is 9.94. The molecule has 0 radical (unpaired) electrons. The molecule has 0 aliphatic rings. The van der Waals surface area contributed by atoms with Gasteiger partial charge in [0, 0.05) is 0 Å². The van der Waals surface area contributed by atoms with Gasteiger partial charge in [0.2, 0.25) is 0 Å². The Balaban J connectivity index is 2.51. The van der Waals surface area contributed by atoms with Gasteiger partial charge in [-0.1, -0.05) is 29.8 Å². The third-order valence-corrected chi connectivity index (χ3v) is 8.43. The van der Waals surface area contributed by atoms with E-state index in [0.717, 1.165) is 5.56 Å². The maximum atomic E-state index is 13.7. The highest BCUT2D eigenvalue weighted by atomic mass is 32.2. The molecule has 2 atom stereocenters. The van der Waals surface area contributed by atoms with E-state index in [-0.39, 0.29) is 13.2 Å². The molecule has 2 aromatic carbocycles. The van der Waals surface area contributed by atoms with E-state index in [4.69, 9.17) is 13.8 Å². The van der Waals surface area contributed by atoms with Crippen LogP contribution in [-0.2, 0) is 29.9 Å². The molecule has 28 heavy (non-hydrogen) atoms. The van der Waals surface area contributed by atoms with E-state index in [1.165, 1.54) is 0 Å². The molecule has 154 valence electrons. The van der Waals surface area contributed by atoms with Crippen LogP contribution in [0.1, 0.15) is 31.9 Å². The third-order valence-electron chi connectivity index (χ3n) is 4.32. The van der Waals surface area contributed by atoms with Crippen LogP contribution in [0.5, 0.6) is 5.75 Å². The van der Waals surface area contributed by atoms with E-state index in [2.05, 4.69) is 4.72 Å². The number of nitrogens with one attached hydrogen (secondary N) is 1. The van der Waals surface area contributed by atoms with Gasteiger partial charge in [-0.15, -0.1) is 0 Å². The lowest BCUT2D eigenvalue weighted by molar-refractivity contribution is 0.195. The fourth-order valence-corrected chi connectivity index (χ4v) is 6.14. The van der Waals surface area contributed by atoms with Crippen molar-refractivity contribution in [2.24, 2.45) is 0 Å². The van der Waals surface area contributed by atoms with Gasteiger partial charge in [-0.25, -0.2) is 8.93 Å². The molecule has 0 aromatic heterocycles. The van der Waals surface area contributed by atoms with Crippen molar-refractivity contribution < 1.29 is 22.6 Å². The molecule has 0 heterocycles. The van der Waals surface area contributed by atoms with Crippen molar-refractivity contribution >= 4 is 18.6 Å². The van der Waals surface area contributed by atoms with Gasteiger partial charge in [0.05, 0.1) is 25.2 Å². The summed E-state index contributed by atoms with van der Waals surface area (Å²) in [6, 6.07) is 14.4. The van der Waals surface area contributed by atoms with E-state index in [1.807, 2.05) is 19.1 Å². The van der Waals surface area contributed by atoms with E-state index in [1.54, 1.807) is 64.3 Å². The molecular weight excluding hydrogens is 397 g/mol. The van der Waals surface area contributed by atoms with Crippen LogP contribution in [-0.4, -0.2) is 24.5 Å². The van der Waals surface area contributed by atoms with E-state index in [9.17, 15) is 8.77 Å². The first kappa shape index (κ1) is 22.8. The average molecular weight is 425 g/mol. The number of aryl methyl sites for hydroxylation is 1. The van der Waals surface area contributed by atoms with Gasteiger partial charge >= 0.3 is 7.60 Å². The predicted octanol–water partition coefficient (Wildman–Crippen LogP) is 4.75. The molecule has 1 N–H and O–H groups in total. The third kappa shape index (κ3) is 4.91. The molecule has 0 aliphatic heterocycles. The first-order valence-electron chi connectivity index (χ1n) is 9.09. The molecule has 0 aliphatic carbocycles. The van der Waals surface area contributed by atoms with E-state index < -0.39 is 23.9 Å². The van der Waals surface area contributed by atoms with Crippen LogP contribution < -0.4 is 9.46 Å². The average Bonchev–Trinajstić information content (AvgIpc) is 2.68. The van der Waals surface area contributed by atoms with Gasteiger partial charge in [0.25, 0.3) is 0 Å². The number of ether oxygens (including phenoxy) is 1. The van der Waals surface area contributed by atoms with Crippen molar-refractivity contribution in [3.63, 3.8) is 0 Å². The predicted molar refractivity (Wildman–Crippen MR) is 112 cm³/mol. The fourth-order valence-electron chi connectivity index (χ4n) is 2.73. The maximum absolute atomic E-state index is 13.7. The monoisotopic (exact) mass is 425 g/mol. The highest BCUT2D eigenvalue weighted by molar-refractivity contribution is 7.83. The number of benzene rings is 2. The lowest BCUT2D eigenvalue weighted by Gasteiger charge is -2.36. The zero-order chi connectivity index (χ0) is 20.8. The van der Waals surface area contributed by atoms with Gasteiger partial charge in [-0.2, -0.15) is 0 Å². The minimum atomic E-state index is -3.72. The molecule has 0 saturated heterocycles. The Morgan fingerprint density at radius 3 is 2.00 bits per heavy atom. The van der Waals surface area contributed by atoms with Crippen molar-refractivity contribution in [2.45, 2.75) is 37.9 Å². The van der Waals surface area contributed by atoms with Crippen LogP contribution in [0.3, 0.4) is 0 Å². The van der Waals surface area contributed by atoms with Crippen molar-refractivity contribution in [2.75, 3.05) is 20.3 Å². The van der Waals surface area contributed by atoms with Crippen molar-refractivity contribution in [1.82, 2.24) is 4.72 Å². The van der Waals surface area contributed by atoms with Gasteiger partial charge < -0.3 is 13.8 Å². The largest absolute Gasteiger partial charge is 0.497 e. The van der Waals surface area contributed by atoms with Crippen LogP contribution in [0.25, 0.3) is 0 Å². The Labute approximate surface area is 169 Å². The first-order chi connectivity index (χ1) is 13.3. The summed E-state index contributed by atoms with van der Waals surface area (Å²) in [6.07, 6.45) is 0. The van der Waals surface area contributed by atoms with Crippen molar-refractivity contribution in [3.05, 3.63) is 59.7 Å². The lowest BCUT2D eigenvalue weighted by Crippen LogP contribution is -2.41. The van der Waals surface area contributed by atoms with Crippen molar-refractivity contribution in [3.8, 4) is 5.75 Å². The Morgan fingerprint density at radius 1 is 1.00 bits per heavy atom. The second-order valence-electron chi connectivity index (χ2n) is 6.32. The highest BCUT2D eigenvalue weighted by Crippen LogP contribution is 2.63. The highest BCUT2D eigenvalue weighted by Gasteiger charge is 2.50. The molecule has 6 nitrogen and oxygen atoms in total. The molecule has 1 unspecified atom stereocenters. The first-order valence-corrected chi connectivity index (χ1v) is 11.8. The summed E-state index contributed by atoms with van der Waals surface area (Å²) in [7, 11) is -3.78. The topological polar surface area (TPSA) is 73.9 Å². The summed E-state index contributed by atoms with van der Waals surface area (Å²) in [4.78, 5) is 0.574. The maximum Gasteiger partial charge on any atom is 0.355 e. The van der Waals surface area contributed by atoms with Crippen LogP contribution in [0.2, 0.25) is 0 Å². The Bertz CT molecular complexity index is 831. The van der Waals surface area contributed by atoms with E-state index >= 15 is 0 Å². The summed E-state index contributed by atoms with van der Waals surface area (Å²) in [5.41, 5.74) is 1.69. The number of rotatable bonds is 10. The zero-order valence-corrected chi connectivity index (χ0v) is 18.6. The van der Waals surface area contributed by atoms with Crippen LogP contribution in [0, 0.1) is 6.92 Å². The summed E-state index contributed by atoms with van der Waals surface area (Å²) in [5.74, 6) is 0.661. The van der Waals surface area contributed by atoms with Crippen LogP contribution >= 0.6 is 7.60 Å². The SMILES string of the molecule is CCOP(=O)(OCC)[C@@](C)(NS(=O)c1ccc(C)cc1)c1ccc(OC)cc1. The zero-order valence-electron chi connectivity index (χ0n) is 16.9. The Kier molecular flexibility index (Phi) is 7.98. The summed E-state index contributed by atoms with van der Waals surface area (Å²) in [5, 5.41) is -1.33. The second kappa shape index (κ2) is 9.81. The summed E-state index contributed by atoms with van der Waals surface area (Å²) < 4.78 is 46.2. The van der Waals surface area contributed by atoms with Gasteiger partial charge in [-0.3, -0.25) is 4.57 Å². The quantitative estimate of drug-likeness (QED) is 0.556. The number of methoxy groups -OCH3 is 1. The van der Waals surface area contributed by atoms with Gasteiger partial charge in [0.1, 0.15) is 16.7 Å². The fraction of sp³-hybridized carbons (Fsp3) is 0.400. The summed E-state index contributed by atoms with van der Waals surface area (Å²) in [6.45, 7) is 7.53. The van der Waals surface area contributed by atoms with Crippen LogP contribution in [0.15, 0.2) is 53.4 Å². The molecule has 0 saturated carbocycles. The summed E-state index contributed by atoms with van der Waals surface area (Å²) >= 11 is 0. The lowest BCUT2D eigenvalue weighted by atomic mass is 10.1. The smallest absolute Gasteiger partial charge is 0.355 e. The molecule has 0 fully saturated rings. The molecule has 2 aromatic rings. The molecule has 8 heteroatoms. The molecular formula is C20H28NO5PS. The Hall–Kier alpha value is -1.50.